The number of halogens is 2. The van der Waals surface area contributed by atoms with E-state index in [-0.39, 0.29) is 22.4 Å². The topological polar surface area (TPSA) is 85.5 Å². The van der Waals surface area contributed by atoms with Crippen molar-refractivity contribution in [2.45, 2.75) is 23.7 Å². The van der Waals surface area contributed by atoms with E-state index < -0.39 is 10.0 Å². The molecule has 4 rings (SSSR count). The molecule has 1 aliphatic heterocycles. The Balaban J connectivity index is 1.48. The van der Waals surface area contributed by atoms with Crippen molar-refractivity contribution in [1.82, 2.24) is 14.5 Å². The van der Waals surface area contributed by atoms with Crippen LogP contribution in [0.1, 0.15) is 24.7 Å². The maximum absolute atomic E-state index is 13.1. The third-order valence-electron chi connectivity index (χ3n) is 5.08. The van der Waals surface area contributed by atoms with Gasteiger partial charge < -0.3 is 9.15 Å². The number of aromatic nitrogens is 2. The lowest BCUT2D eigenvalue weighted by Gasteiger charge is -2.30. The van der Waals surface area contributed by atoms with E-state index in [2.05, 4.69) is 10.2 Å². The molecule has 0 unspecified atom stereocenters. The molecule has 2 heterocycles. The van der Waals surface area contributed by atoms with Crippen LogP contribution in [0.25, 0.3) is 11.5 Å². The molecule has 0 radical (unpaired) electrons. The summed E-state index contributed by atoms with van der Waals surface area (Å²) in [6.07, 6.45) is 1.07. The van der Waals surface area contributed by atoms with Crippen LogP contribution >= 0.6 is 11.6 Å². The molecule has 0 saturated carbocycles. The Morgan fingerprint density at radius 1 is 1.13 bits per heavy atom. The number of piperidine rings is 1. The Bertz CT molecular complexity index is 1140. The van der Waals surface area contributed by atoms with E-state index in [9.17, 15) is 12.8 Å². The van der Waals surface area contributed by atoms with Crippen LogP contribution in [-0.4, -0.2) is 43.1 Å². The van der Waals surface area contributed by atoms with Gasteiger partial charge in [-0.05, 0) is 55.3 Å². The predicted molar refractivity (Wildman–Crippen MR) is 108 cm³/mol. The smallest absolute Gasteiger partial charge is 0.247 e. The van der Waals surface area contributed by atoms with Crippen LogP contribution in [0, 0.1) is 5.82 Å². The van der Waals surface area contributed by atoms with Gasteiger partial charge in [-0.25, -0.2) is 12.8 Å². The second kappa shape index (κ2) is 8.33. The number of ether oxygens (including phenoxy) is 1. The normalized spacial score (nSPS) is 16.0. The van der Waals surface area contributed by atoms with Crippen LogP contribution in [0.4, 0.5) is 4.39 Å². The number of nitrogens with zero attached hydrogens (tertiary/aromatic N) is 3. The van der Waals surface area contributed by atoms with Gasteiger partial charge in [-0.2, -0.15) is 4.31 Å². The van der Waals surface area contributed by atoms with Crippen LogP contribution < -0.4 is 4.74 Å². The first-order valence-electron chi connectivity index (χ1n) is 9.31. The Labute approximate surface area is 178 Å². The lowest BCUT2D eigenvalue weighted by molar-refractivity contribution is 0.290. The SMILES string of the molecule is COc1ccc(Cl)cc1S(=O)(=O)N1CCC(c2nnc(-c3ccc(F)cc3)o2)CC1. The van der Waals surface area contributed by atoms with E-state index in [1.54, 1.807) is 18.2 Å². The Morgan fingerprint density at radius 3 is 2.50 bits per heavy atom. The minimum absolute atomic E-state index is 0.0485. The van der Waals surface area contributed by atoms with Crippen molar-refractivity contribution in [3.05, 3.63) is 59.2 Å². The number of sulfonamides is 1. The van der Waals surface area contributed by atoms with E-state index in [0.29, 0.717) is 48.3 Å². The Kier molecular flexibility index (Phi) is 5.77. The molecule has 10 heteroatoms. The van der Waals surface area contributed by atoms with E-state index in [1.807, 2.05) is 0 Å². The highest BCUT2D eigenvalue weighted by Gasteiger charge is 2.33. The molecule has 1 aromatic heterocycles. The van der Waals surface area contributed by atoms with Gasteiger partial charge in [0.15, 0.2) is 0 Å². The zero-order valence-corrected chi connectivity index (χ0v) is 17.7. The fourth-order valence-corrected chi connectivity index (χ4v) is 5.33. The summed E-state index contributed by atoms with van der Waals surface area (Å²) < 4.78 is 51.6. The monoisotopic (exact) mass is 451 g/mol. The zero-order chi connectivity index (χ0) is 21.3. The van der Waals surface area contributed by atoms with Crippen molar-refractivity contribution in [2.24, 2.45) is 0 Å². The van der Waals surface area contributed by atoms with E-state index in [4.69, 9.17) is 20.8 Å². The molecular formula is C20H19ClFN3O4S. The first-order chi connectivity index (χ1) is 14.4. The lowest BCUT2D eigenvalue weighted by atomic mass is 9.98. The minimum atomic E-state index is -3.75. The number of methoxy groups -OCH3 is 1. The maximum Gasteiger partial charge on any atom is 0.247 e. The molecule has 0 spiro atoms. The van der Waals surface area contributed by atoms with Crippen molar-refractivity contribution in [2.75, 3.05) is 20.2 Å². The third-order valence-corrected chi connectivity index (χ3v) is 7.23. The maximum atomic E-state index is 13.1. The number of rotatable bonds is 5. The molecule has 158 valence electrons. The fourth-order valence-electron chi connectivity index (χ4n) is 3.44. The van der Waals surface area contributed by atoms with Crippen LogP contribution in [-0.2, 0) is 10.0 Å². The second-order valence-corrected chi connectivity index (χ2v) is 9.27. The summed E-state index contributed by atoms with van der Waals surface area (Å²) >= 11 is 6.00. The molecule has 2 aromatic carbocycles. The first kappa shape index (κ1) is 20.8. The van der Waals surface area contributed by atoms with Crippen molar-refractivity contribution < 1.29 is 22.0 Å². The zero-order valence-electron chi connectivity index (χ0n) is 16.1. The van der Waals surface area contributed by atoms with Crippen LogP contribution in [0.3, 0.4) is 0 Å². The van der Waals surface area contributed by atoms with E-state index >= 15 is 0 Å². The molecule has 0 atom stereocenters. The number of hydrogen-bond acceptors (Lipinski definition) is 6. The fraction of sp³-hybridized carbons (Fsp3) is 0.300. The number of hydrogen-bond donors (Lipinski definition) is 0. The minimum Gasteiger partial charge on any atom is -0.495 e. The highest BCUT2D eigenvalue weighted by molar-refractivity contribution is 7.89. The summed E-state index contributed by atoms with van der Waals surface area (Å²) in [5.74, 6) is 0.612. The average molecular weight is 452 g/mol. The van der Waals surface area contributed by atoms with Gasteiger partial charge in [0.2, 0.25) is 21.8 Å². The van der Waals surface area contributed by atoms with Gasteiger partial charge in [0.05, 0.1) is 7.11 Å². The Hall–Kier alpha value is -2.49. The molecule has 0 bridgehead atoms. The molecule has 0 aliphatic carbocycles. The molecule has 3 aromatic rings. The quantitative estimate of drug-likeness (QED) is 0.580. The lowest BCUT2D eigenvalue weighted by Crippen LogP contribution is -2.38. The summed E-state index contributed by atoms with van der Waals surface area (Å²) in [4.78, 5) is 0.0485. The van der Waals surface area contributed by atoms with E-state index in [0.717, 1.165) is 0 Å². The van der Waals surface area contributed by atoms with Gasteiger partial charge in [-0.3, -0.25) is 0 Å². The molecule has 0 amide bonds. The molecule has 0 N–H and O–H groups in total. The molecule has 1 fully saturated rings. The second-order valence-electron chi connectivity index (χ2n) is 6.93. The van der Waals surface area contributed by atoms with Gasteiger partial charge in [-0.1, -0.05) is 11.6 Å². The largest absolute Gasteiger partial charge is 0.495 e. The van der Waals surface area contributed by atoms with Crippen LogP contribution in [0.5, 0.6) is 5.75 Å². The first-order valence-corrected chi connectivity index (χ1v) is 11.1. The van der Waals surface area contributed by atoms with Crippen molar-refractivity contribution in [3.8, 4) is 17.2 Å². The third kappa shape index (κ3) is 4.05. The van der Waals surface area contributed by atoms with Gasteiger partial charge in [0.1, 0.15) is 16.5 Å². The van der Waals surface area contributed by atoms with Gasteiger partial charge in [0, 0.05) is 29.6 Å². The van der Waals surface area contributed by atoms with Crippen molar-refractivity contribution >= 4 is 21.6 Å². The molecule has 1 saturated heterocycles. The summed E-state index contributed by atoms with van der Waals surface area (Å²) in [6, 6.07) is 10.3. The van der Waals surface area contributed by atoms with Gasteiger partial charge in [-0.15, -0.1) is 10.2 Å². The number of benzene rings is 2. The predicted octanol–water partition coefficient (Wildman–Crippen LogP) is 4.11. The summed E-state index contributed by atoms with van der Waals surface area (Å²) in [7, 11) is -2.33. The summed E-state index contributed by atoms with van der Waals surface area (Å²) in [6.45, 7) is 0.605. The summed E-state index contributed by atoms with van der Waals surface area (Å²) in [5.41, 5.74) is 0.628. The molecule has 1 aliphatic rings. The average Bonchev–Trinajstić information content (AvgIpc) is 3.24. The van der Waals surface area contributed by atoms with Crippen LogP contribution in [0.15, 0.2) is 51.8 Å². The van der Waals surface area contributed by atoms with Crippen molar-refractivity contribution in [1.29, 1.82) is 0 Å². The van der Waals surface area contributed by atoms with Crippen LogP contribution in [0.2, 0.25) is 5.02 Å². The molecular weight excluding hydrogens is 433 g/mol. The van der Waals surface area contributed by atoms with Crippen molar-refractivity contribution in [3.63, 3.8) is 0 Å². The standard InChI is InChI=1S/C20H19ClFN3O4S/c1-28-17-7-4-15(21)12-18(17)30(26,27)25-10-8-14(9-11-25)20-24-23-19(29-20)13-2-5-16(22)6-3-13/h2-7,12,14H,8-11H2,1H3. The highest BCUT2D eigenvalue weighted by Crippen LogP contribution is 2.34. The molecule has 7 nitrogen and oxygen atoms in total. The van der Waals surface area contributed by atoms with Gasteiger partial charge in [0.25, 0.3) is 0 Å². The van der Waals surface area contributed by atoms with Gasteiger partial charge >= 0.3 is 0 Å². The molecule has 30 heavy (non-hydrogen) atoms. The van der Waals surface area contributed by atoms with E-state index in [1.165, 1.54) is 35.7 Å². The Morgan fingerprint density at radius 2 is 1.83 bits per heavy atom. The summed E-state index contributed by atoms with van der Waals surface area (Å²) in [5, 5.41) is 8.47. The highest BCUT2D eigenvalue weighted by atomic mass is 35.5.